The predicted octanol–water partition coefficient (Wildman–Crippen LogP) is 3.26. The Morgan fingerprint density at radius 2 is 1.71 bits per heavy atom. The molecular formula is C24H29N2O5+. The molecule has 3 rings (SSSR count). The lowest BCUT2D eigenvalue weighted by atomic mass is 10.0. The maximum absolute atomic E-state index is 11.0. The Morgan fingerprint density at radius 1 is 0.968 bits per heavy atom. The number of fused-ring (bicyclic) bond motifs is 1. The number of nitrogens with zero attached hydrogens (tertiary/aromatic N) is 1. The summed E-state index contributed by atoms with van der Waals surface area (Å²) >= 11 is 0. The van der Waals surface area contributed by atoms with Gasteiger partial charge in [0.2, 0.25) is 0 Å². The van der Waals surface area contributed by atoms with Crippen LogP contribution in [0, 0.1) is 0 Å². The standard InChI is InChI=1S/C24H28N2O5/c1-16(27)31-11-9-25-20-14-18-8-10-26(2)21(19(18)15-23(20)29-4)12-17-6-7-22(28-3)24(13-17)30-5/h6-8,10,13-15H,9,11-12H2,1-5H3/p+1. The molecule has 0 amide bonds. The second-order valence-corrected chi connectivity index (χ2v) is 7.15. The molecule has 0 spiro atoms. The molecule has 31 heavy (non-hydrogen) atoms. The van der Waals surface area contributed by atoms with Gasteiger partial charge in [0.15, 0.2) is 23.4 Å². The molecule has 0 atom stereocenters. The second-order valence-electron chi connectivity index (χ2n) is 7.15. The summed E-state index contributed by atoms with van der Waals surface area (Å²) in [5.74, 6) is 1.86. The van der Waals surface area contributed by atoms with Crippen molar-refractivity contribution >= 4 is 22.4 Å². The maximum atomic E-state index is 11.0. The van der Waals surface area contributed by atoms with Crippen molar-refractivity contribution in [3.05, 3.63) is 53.9 Å². The first-order chi connectivity index (χ1) is 15.0. The summed E-state index contributed by atoms with van der Waals surface area (Å²) in [6.45, 7) is 2.20. The number of aromatic nitrogens is 1. The van der Waals surface area contributed by atoms with Crippen LogP contribution in [0.15, 0.2) is 42.6 Å². The van der Waals surface area contributed by atoms with Gasteiger partial charge in [-0.1, -0.05) is 6.07 Å². The van der Waals surface area contributed by atoms with Crippen LogP contribution in [0.5, 0.6) is 17.2 Å². The largest absolute Gasteiger partial charge is 0.495 e. The van der Waals surface area contributed by atoms with Crippen LogP contribution in [0.1, 0.15) is 18.2 Å². The number of methoxy groups -OCH3 is 3. The molecule has 3 aromatic rings. The highest BCUT2D eigenvalue weighted by Gasteiger charge is 2.17. The highest BCUT2D eigenvalue weighted by Crippen LogP contribution is 2.33. The van der Waals surface area contributed by atoms with Gasteiger partial charge in [-0.25, -0.2) is 4.57 Å². The van der Waals surface area contributed by atoms with Crippen LogP contribution < -0.4 is 24.1 Å². The molecular weight excluding hydrogens is 396 g/mol. The molecule has 0 saturated heterocycles. The van der Waals surface area contributed by atoms with Crippen molar-refractivity contribution in [2.24, 2.45) is 7.05 Å². The van der Waals surface area contributed by atoms with Crippen LogP contribution in [0.3, 0.4) is 0 Å². The van der Waals surface area contributed by atoms with Crippen molar-refractivity contribution < 1.29 is 28.3 Å². The highest BCUT2D eigenvalue weighted by atomic mass is 16.5. The number of carbonyl (C=O) groups is 1. The molecule has 7 nitrogen and oxygen atoms in total. The molecule has 2 aromatic carbocycles. The van der Waals surface area contributed by atoms with Gasteiger partial charge in [0.05, 0.1) is 38.8 Å². The quantitative estimate of drug-likeness (QED) is 0.322. The normalized spacial score (nSPS) is 10.6. The summed E-state index contributed by atoms with van der Waals surface area (Å²) in [5, 5.41) is 5.47. The van der Waals surface area contributed by atoms with Gasteiger partial charge >= 0.3 is 5.97 Å². The minimum Gasteiger partial charge on any atom is -0.495 e. The third-order valence-corrected chi connectivity index (χ3v) is 5.13. The Labute approximate surface area is 182 Å². The minimum atomic E-state index is -0.292. The maximum Gasteiger partial charge on any atom is 0.302 e. The molecule has 0 aliphatic rings. The molecule has 0 aliphatic carbocycles. The number of hydrogen-bond donors (Lipinski definition) is 1. The Bertz CT molecular complexity index is 1080. The van der Waals surface area contributed by atoms with E-state index in [1.54, 1.807) is 21.3 Å². The lowest BCUT2D eigenvalue weighted by molar-refractivity contribution is -0.677. The number of ether oxygens (including phenoxy) is 4. The first kappa shape index (κ1) is 22.2. The first-order valence-electron chi connectivity index (χ1n) is 10.0. The average molecular weight is 426 g/mol. The van der Waals surface area contributed by atoms with E-state index in [2.05, 4.69) is 22.0 Å². The highest BCUT2D eigenvalue weighted by molar-refractivity contribution is 5.89. The van der Waals surface area contributed by atoms with Crippen molar-refractivity contribution in [1.82, 2.24) is 0 Å². The predicted molar refractivity (Wildman–Crippen MR) is 119 cm³/mol. The zero-order chi connectivity index (χ0) is 22.4. The smallest absolute Gasteiger partial charge is 0.302 e. The van der Waals surface area contributed by atoms with E-state index in [0.717, 1.165) is 39.9 Å². The third-order valence-electron chi connectivity index (χ3n) is 5.13. The fourth-order valence-corrected chi connectivity index (χ4v) is 3.55. The van der Waals surface area contributed by atoms with Gasteiger partial charge < -0.3 is 24.3 Å². The average Bonchev–Trinajstić information content (AvgIpc) is 2.77. The van der Waals surface area contributed by atoms with Gasteiger partial charge in [0.25, 0.3) is 0 Å². The molecule has 1 N–H and O–H groups in total. The second kappa shape index (κ2) is 10.0. The van der Waals surface area contributed by atoms with E-state index in [4.69, 9.17) is 18.9 Å². The summed E-state index contributed by atoms with van der Waals surface area (Å²) in [6, 6.07) is 12.1. The number of esters is 1. The van der Waals surface area contributed by atoms with Crippen LogP contribution in [0.25, 0.3) is 10.8 Å². The number of aryl methyl sites for hydroxylation is 1. The van der Waals surface area contributed by atoms with Crippen molar-refractivity contribution in [2.45, 2.75) is 13.3 Å². The zero-order valence-electron chi connectivity index (χ0n) is 18.7. The molecule has 0 radical (unpaired) electrons. The summed E-state index contributed by atoms with van der Waals surface area (Å²) < 4.78 is 23.5. The summed E-state index contributed by atoms with van der Waals surface area (Å²) in [4.78, 5) is 11.0. The number of hydrogen-bond acceptors (Lipinski definition) is 6. The number of carbonyl (C=O) groups excluding carboxylic acids is 1. The van der Waals surface area contributed by atoms with Crippen molar-refractivity contribution in [3.63, 3.8) is 0 Å². The minimum absolute atomic E-state index is 0.292. The molecule has 0 fully saturated rings. The summed E-state index contributed by atoms with van der Waals surface area (Å²) in [7, 11) is 6.95. The lowest BCUT2D eigenvalue weighted by Crippen LogP contribution is -2.33. The lowest BCUT2D eigenvalue weighted by Gasteiger charge is -2.14. The third kappa shape index (κ3) is 5.17. The Morgan fingerprint density at radius 3 is 2.39 bits per heavy atom. The summed E-state index contributed by atoms with van der Waals surface area (Å²) in [5.41, 5.74) is 3.12. The fourth-order valence-electron chi connectivity index (χ4n) is 3.55. The molecule has 0 unspecified atom stereocenters. The van der Waals surface area contributed by atoms with E-state index in [1.807, 2.05) is 37.5 Å². The molecule has 0 bridgehead atoms. The Hall–Kier alpha value is -3.48. The van der Waals surface area contributed by atoms with Crippen LogP contribution in [0.2, 0.25) is 0 Å². The monoisotopic (exact) mass is 425 g/mol. The van der Waals surface area contributed by atoms with E-state index >= 15 is 0 Å². The van der Waals surface area contributed by atoms with E-state index in [-0.39, 0.29) is 5.97 Å². The van der Waals surface area contributed by atoms with E-state index in [0.29, 0.717) is 24.7 Å². The molecule has 164 valence electrons. The van der Waals surface area contributed by atoms with E-state index in [1.165, 1.54) is 6.92 Å². The van der Waals surface area contributed by atoms with Crippen LogP contribution in [0.4, 0.5) is 5.69 Å². The van der Waals surface area contributed by atoms with Gasteiger partial charge in [-0.3, -0.25) is 4.79 Å². The van der Waals surface area contributed by atoms with Gasteiger partial charge in [-0.2, -0.15) is 0 Å². The molecule has 7 heteroatoms. The molecule has 0 aliphatic heterocycles. The van der Waals surface area contributed by atoms with E-state index < -0.39 is 0 Å². The summed E-state index contributed by atoms with van der Waals surface area (Å²) in [6.07, 6.45) is 2.77. The van der Waals surface area contributed by atoms with Crippen LogP contribution in [-0.2, 0) is 23.0 Å². The zero-order valence-corrected chi connectivity index (χ0v) is 18.7. The molecule has 1 heterocycles. The number of anilines is 1. The van der Waals surface area contributed by atoms with Crippen molar-refractivity contribution in [3.8, 4) is 17.2 Å². The Balaban J connectivity index is 1.95. The van der Waals surface area contributed by atoms with Crippen LogP contribution in [-0.4, -0.2) is 40.5 Å². The Kier molecular flexibility index (Phi) is 7.18. The topological polar surface area (TPSA) is 69.9 Å². The molecule has 0 saturated carbocycles. The van der Waals surface area contributed by atoms with Gasteiger partial charge in [-0.15, -0.1) is 0 Å². The van der Waals surface area contributed by atoms with Gasteiger partial charge in [0.1, 0.15) is 19.4 Å². The van der Waals surface area contributed by atoms with Crippen molar-refractivity contribution in [1.29, 1.82) is 0 Å². The van der Waals surface area contributed by atoms with E-state index in [9.17, 15) is 4.79 Å². The SMILES string of the molecule is COc1cc2c(Cc3ccc(OC)c(OC)c3)[n+](C)ccc2cc1NCCOC(C)=O. The van der Waals surface area contributed by atoms with Gasteiger partial charge in [-0.05, 0) is 35.2 Å². The first-order valence-corrected chi connectivity index (χ1v) is 10.0. The van der Waals surface area contributed by atoms with Crippen LogP contribution >= 0.6 is 0 Å². The van der Waals surface area contributed by atoms with Crippen molar-refractivity contribution in [2.75, 3.05) is 39.8 Å². The number of benzene rings is 2. The number of rotatable bonds is 9. The molecule has 1 aromatic heterocycles. The number of pyridine rings is 1. The number of nitrogens with one attached hydrogen (secondary N) is 1. The van der Waals surface area contributed by atoms with Gasteiger partial charge in [0, 0.05) is 19.5 Å². The fraction of sp³-hybridized carbons (Fsp3) is 0.333.